The summed E-state index contributed by atoms with van der Waals surface area (Å²) in [6.07, 6.45) is 8.23. The van der Waals surface area contributed by atoms with Crippen molar-refractivity contribution < 1.29 is 9.53 Å². The Morgan fingerprint density at radius 3 is 2.63 bits per heavy atom. The second-order valence-electron chi connectivity index (χ2n) is 9.01. The van der Waals surface area contributed by atoms with Crippen LogP contribution < -0.4 is 4.90 Å². The standard InChI is InChI=1S/C22H31N3O2/c1-23-15-22(27-21(23)26)10-3-11-25(16-22)19-8-12-24(13-9-19)20-7-6-17-4-2-5-18(17)14-20/h6-7,14,19H,2-5,8-13,15-16H2,1H3/t22-/m1/s1. The molecule has 27 heavy (non-hydrogen) atoms. The molecule has 5 nitrogen and oxygen atoms in total. The number of carbonyl (C=O) groups is 1. The molecule has 1 aromatic rings. The zero-order valence-corrected chi connectivity index (χ0v) is 16.5. The third-order valence-electron chi connectivity index (χ3n) is 7.14. The van der Waals surface area contributed by atoms with Gasteiger partial charge in [0, 0.05) is 38.4 Å². The Bertz CT molecular complexity index is 728. The van der Waals surface area contributed by atoms with E-state index in [4.69, 9.17) is 4.74 Å². The third-order valence-corrected chi connectivity index (χ3v) is 7.14. The van der Waals surface area contributed by atoms with Crippen molar-refractivity contribution in [2.24, 2.45) is 0 Å². The first-order chi connectivity index (χ1) is 13.1. The van der Waals surface area contributed by atoms with Crippen molar-refractivity contribution in [3.8, 4) is 0 Å². The molecule has 1 spiro atoms. The van der Waals surface area contributed by atoms with Crippen molar-refractivity contribution in [3.05, 3.63) is 29.3 Å². The smallest absolute Gasteiger partial charge is 0.410 e. The lowest BCUT2D eigenvalue weighted by atomic mass is 9.90. The number of hydrogen-bond acceptors (Lipinski definition) is 4. The number of anilines is 1. The van der Waals surface area contributed by atoms with Crippen LogP contribution in [0.5, 0.6) is 0 Å². The lowest BCUT2D eigenvalue weighted by Crippen LogP contribution is -2.55. The highest BCUT2D eigenvalue weighted by Gasteiger charge is 2.47. The summed E-state index contributed by atoms with van der Waals surface area (Å²) in [5.41, 5.74) is 4.28. The quantitative estimate of drug-likeness (QED) is 0.803. The molecule has 3 heterocycles. The highest BCUT2D eigenvalue weighted by molar-refractivity contribution is 5.70. The Labute approximate surface area is 162 Å². The maximum Gasteiger partial charge on any atom is 0.410 e. The van der Waals surface area contributed by atoms with E-state index < -0.39 is 0 Å². The van der Waals surface area contributed by atoms with Crippen molar-refractivity contribution in [3.63, 3.8) is 0 Å². The number of rotatable bonds is 2. The molecule has 146 valence electrons. The Kier molecular flexibility index (Phi) is 4.30. The van der Waals surface area contributed by atoms with E-state index in [0.29, 0.717) is 6.04 Å². The molecule has 5 rings (SSSR count). The largest absolute Gasteiger partial charge is 0.440 e. The van der Waals surface area contributed by atoms with Crippen LogP contribution in [0, 0.1) is 0 Å². The normalized spacial score (nSPS) is 29.4. The first-order valence-corrected chi connectivity index (χ1v) is 10.7. The number of piperidine rings is 2. The van der Waals surface area contributed by atoms with Crippen LogP contribution in [-0.4, -0.2) is 67.3 Å². The molecule has 5 heteroatoms. The van der Waals surface area contributed by atoms with Crippen molar-refractivity contribution in [1.29, 1.82) is 0 Å². The van der Waals surface area contributed by atoms with Gasteiger partial charge >= 0.3 is 6.09 Å². The molecule has 3 fully saturated rings. The monoisotopic (exact) mass is 369 g/mol. The zero-order valence-electron chi connectivity index (χ0n) is 16.5. The number of likely N-dealkylation sites (tertiary alicyclic amines) is 1. The highest BCUT2D eigenvalue weighted by atomic mass is 16.6. The number of hydrogen-bond donors (Lipinski definition) is 0. The molecule has 4 aliphatic rings. The molecule has 1 aromatic carbocycles. The molecule has 0 saturated carbocycles. The van der Waals surface area contributed by atoms with Gasteiger partial charge in [0.05, 0.1) is 6.54 Å². The Morgan fingerprint density at radius 2 is 1.85 bits per heavy atom. The van der Waals surface area contributed by atoms with Gasteiger partial charge in [0.15, 0.2) is 0 Å². The fraction of sp³-hybridized carbons (Fsp3) is 0.682. The summed E-state index contributed by atoms with van der Waals surface area (Å²) in [6.45, 7) is 5.06. The molecule has 3 saturated heterocycles. The summed E-state index contributed by atoms with van der Waals surface area (Å²) in [6, 6.07) is 7.74. The first-order valence-electron chi connectivity index (χ1n) is 10.7. The molecular weight excluding hydrogens is 338 g/mol. The molecule has 1 amide bonds. The summed E-state index contributed by atoms with van der Waals surface area (Å²) in [5, 5.41) is 0. The van der Waals surface area contributed by atoms with Crippen LogP contribution in [0.1, 0.15) is 43.2 Å². The van der Waals surface area contributed by atoms with E-state index >= 15 is 0 Å². The van der Waals surface area contributed by atoms with Crippen LogP contribution in [0.15, 0.2) is 18.2 Å². The van der Waals surface area contributed by atoms with E-state index in [1.807, 2.05) is 7.05 Å². The molecule has 1 aliphatic carbocycles. The minimum Gasteiger partial charge on any atom is -0.440 e. The van der Waals surface area contributed by atoms with Crippen molar-refractivity contribution in [1.82, 2.24) is 9.80 Å². The molecular formula is C22H31N3O2. The SMILES string of the molecule is CN1C[C@@]2(CCCN(C3CCN(c4ccc5c(c4)CCC5)CC3)C2)OC1=O. The van der Waals surface area contributed by atoms with Gasteiger partial charge in [-0.3, -0.25) is 4.90 Å². The van der Waals surface area contributed by atoms with Crippen LogP contribution >= 0.6 is 0 Å². The zero-order chi connectivity index (χ0) is 18.4. The Morgan fingerprint density at radius 1 is 1.04 bits per heavy atom. The number of carbonyl (C=O) groups excluding carboxylic acids is 1. The number of amides is 1. The lowest BCUT2D eigenvalue weighted by molar-refractivity contribution is -0.0261. The molecule has 0 bridgehead atoms. The van der Waals surface area contributed by atoms with E-state index in [1.54, 1.807) is 16.0 Å². The maximum absolute atomic E-state index is 11.9. The van der Waals surface area contributed by atoms with E-state index in [2.05, 4.69) is 28.0 Å². The molecule has 1 atom stereocenters. The van der Waals surface area contributed by atoms with E-state index in [1.165, 1.54) is 37.8 Å². The average molecular weight is 370 g/mol. The number of fused-ring (bicyclic) bond motifs is 1. The summed E-state index contributed by atoms with van der Waals surface area (Å²) in [7, 11) is 1.85. The fourth-order valence-electron chi connectivity index (χ4n) is 5.69. The Balaban J connectivity index is 1.21. The highest BCUT2D eigenvalue weighted by Crippen LogP contribution is 2.34. The lowest BCUT2D eigenvalue weighted by Gasteiger charge is -2.45. The van der Waals surface area contributed by atoms with Gasteiger partial charge in [-0.1, -0.05) is 6.07 Å². The van der Waals surface area contributed by atoms with Gasteiger partial charge in [-0.2, -0.15) is 0 Å². The molecule has 0 aromatic heterocycles. The van der Waals surface area contributed by atoms with E-state index in [-0.39, 0.29) is 11.7 Å². The van der Waals surface area contributed by atoms with Crippen LogP contribution in [0.2, 0.25) is 0 Å². The third kappa shape index (κ3) is 3.20. The molecule has 3 aliphatic heterocycles. The average Bonchev–Trinajstić information content (AvgIpc) is 3.25. The van der Waals surface area contributed by atoms with Crippen LogP contribution in [-0.2, 0) is 17.6 Å². The van der Waals surface area contributed by atoms with Gasteiger partial charge in [-0.15, -0.1) is 0 Å². The van der Waals surface area contributed by atoms with Gasteiger partial charge in [-0.05, 0) is 74.8 Å². The van der Waals surface area contributed by atoms with Gasteiger partial charge in [0.2, 0.25) is 0 Å². The number of ether oxygens (including phenoxy) is 1. The van der Waals surface area contributed by atoms with Crippen LogP contribution in [0.3, 0.4) is 0 Å². The fourth-order valence-corrected chi connectivity index (χ4v) is 5.69. The van der Waals surface area contributed by atoms with Gasteiger partial charge in [0.1, 0.15) is 5.60 Å². The molecule has 0 unspecified atom stereocenters. The topological polar surface area (TPSA) is 36.0 Å². The first kappa shape index (κ1) is 17.4. The van der Waals surface area contributed by atoms with E-state index in [0.717, 1.165) is 45.6 Å². The summed E-state index contributed by atoms with van der Waals surface area (Å²) in [4.78, 5) is 18.8. The summed E-state index contributed by atoms with van der Waals surface area (Å²) < 4.78 is 5.79. The van der Waals surface area contributed by atoms with Crippen molar-refractivity contribution in [2.45, 2.75) is 56.6 Å². The van der Waals surface area contributed by atoms with Crippen molar-refractivity contribution in [2.75, 3.05) is 44.7 Å². The second kappa shape index (κ2) is 6.69. The minimum atomic E-state index is -0.263. The number of benzene rings is 1. The number of nitrogens with zero attached hydrogens (tertiary/aromatic N) is 3. The Hall–Kier alpha value is -1.75. The van der Waals surface area contributed by atoms with Gasteiger partial charge in [0.25, 0.3) is 0 Å². The molecule has 0 N–H and O–H groups in total. The predicted molar refractivity (Wildman–Crippen MR) is 106 cm³/mol. The number of aryl methyl sites for hydroxylation is 2. The van der Waals surface area contributed by atoms with Crippen LogP contribution in [0.4, 0.5) is 10.5 Å². The summed E-state index contributed by atoms with van der Waals surface area (Å²) in [5.74, 6) is 0. The molecule has 0 radical (unpaired) electrons. The van der Waals surface area contributed by atoms with Gasteiger partial charge < -0.3 is 14.5 Å². The number of likely N-dealkylation sites (N-methyl/N-ethyl adjacent to an activating group) is 1. The maximum atomic E-state index is 11.9. The minimum absolute atomic E-state index is 0.150. The van der Waals surface area contributed by atoms with Crippen LogP contribution in [0.25, 0.3) is 0 Å². The van der Waals surface area contributed by atoms with Crippen molar-refractivity contribution >= 4 is 11.8 Å². The predicted octanol–water partition coefficient (Wildman–Crippen LogP) is 3.06. The van der Waals surface area contributed by atoms with E-state index in [9.17, 15) is 4.79 Å². The second-order valence-corrected chi connectivity index (χ2v) is 9.01. The summed E-state index contributed by atoms with van der Waals surface area (Å²) >= 11 is 0. The van der Waals surface area contributed by atoms with Gasteiger partial charge in [-0.25, -0.2) is 4.79 Å².